The van der Waals surface area contributed by atoms with Crippen LogP contribution in [-0.2, 0) is 11.3 Å². The van der Waals surface area contributed by atoms with E-state index in [-0.39, 0.29) is 36.4 Å². The first kappa shape index (κ1) is 18.3. The highest BCUT2D eigenvalue weighted by molar-refractivity contribution is 5.97. The number of nitrogens with zero attached hydrogens (tertiary/aromatic N) is 3. The molecule has 6 heteroatoms. The monoisotopic (exact) mass is 357 g/mol. The molecule has 0 N–H and O–H groups in total. The van der Waals surface area contributed by atoms with Crippen LogP contribution in [0.4, 0.5) is 4.39 Å². The third-order valence-electron chi connectivity index (χ3n) is 4.93. The van der Waals surface area contributed by atoms with E-state index in [1.165, 1.54) is 24.3 Å². The number of likely N-dealkylation sites (tertiary alicyclic amines) is 1. The van der Waals surface area contributed by atoms with E-state index in [0.717, 1.165) is 38.8 Å². The van der Waals surface area contributed by atoms with E-state index >= 15 is 0 Å². The van der Waals surface area contributed by atoms with Gasteiger partial charge in [-0.15, -0.1) is 0 Å². The number of piperidine rings is 1. The van der Waals surface area contributed by atoms with E-state index in [9.17, 15) is 14.0 Å². The van der Waals surface area contributed by atoms with Gasteiger partial charge in [0.1, 0.15) is 5.82 Å². The van der Waals surface area contributed by atoms with Gasteiger partial charge in [-0.3, -0.25) is 14.3 Å². The average Bonchev–Trinajstić information content (AvgIpc) is 3.18. The number of Topliss-reactive ketones (excluding diaryl/α,β-unsaturated/α-hetero) is 1. The molecule has 1 saturated heterocycles. The van der Waals surface area contributed by atoms with Gasteiger partial charge in [-0.1, -0.05) is 0 Å². The van der Waals surface area contributed by atoms with Gasteiger partial charge in [-0.05, 0) is 56.0 Å². The second-order valence-corrected chi connectivity index (χ2v) is 6.72. The maximum atomic E-state index is 12.9. The predicted molar refractivity (Wildman–Crippen MR) is 96.2 cm³/mol. The molecule has 0 unspecified atom stereocenters. The Balaban J connectivity index is 1.52. The van der Waals surface area contributed by atoms with Crippen molar-refractivity contribution in [3.8, 4) is 0 Å². The maximum absolute atomic E-state index is 12.9. The molecule has 0 radical (unpaired) electrons. The van der Waals surface area contributed by atoms with E-state index in [2.05, 4.69) is 5.10 Å². The van der Waals surface area contributed by atoms with Gasteiger partial charge < -0.3 is 4.90 Å². The van der Waals surface area contributed by atoms with Crippen molar-refractivity contribution in [2.45, 2.75) is 51.1 Å². The number of halogens is 1. The Morgan fingerprint density at radius 3 is 2.69 bits per heavy atom. The molecule has 1 aromatic heterocycles. The van der Waals surface area contributed by atoms with Crippen LogP contribution in [0.1, 0.15) is 48.9 Å². The number of benzene rings is 1. The second-order valence-electron chi connectivity index (χ2n) is 6.72. The van der Waals surface area contributed by atoms with Crippen molar-refractivity contribution in [3.05, 3.63) is 54.1 Å². The summed E-state index contributed by atoms with van der Waals surface area (Å²) in [6.45, 7) is 1.54. The molecular formula is C20H24FN3O2. The van der Waals surface area contributed by atoms with Crippen molar-refractivity contribution < 1.29 is 14.0 Å². The molecule has 3 rings (SSSR count). The molecule has 0 spiro atoms. The lowest BCUT2D eigenvalue weighted by Gasteiger charge is -2.36. The van der Waals surface area contributed by atoms with Crippen LogP contribution in [0.25, 0.3) is 0 Å². The summed E-state index contributed by atoms with van der Waals surface area (Å²) < 4.78 is 14.8. The fourth-order valence-electron chi connectivity index (χ4n) is 3.49. The molecular weight excluding hydrogens is 333 g/mol. The molecule has 138 valence electrons. The lowest BCUT2D eigenvalue weighted by molar-refractivity contribution is -0.135. The normalized spacial score (nSPS) is 17.3. The van der Waals surface area contributed by atoms with E-state index in [1.54, 1.807) is 6.20 Å². The molecule has 2 aromatic rings. The third-order valence-corrected chi connectivity index (χ3v) is 4.93. The number of aryl methyl sites for hydroxylation is 1. The van der Waals surface area contributed by atoms with E-state index in [0.29, 0.717) is 5.56 Å². The second kappa shape index (κ2) is 8.74. The highest BCUT2D eigenvalue weighted by atomic mass is 19.1. The van der Waals surface area contributed by atoms with Crippen molar-refractivity contribution in [1.29, 1.82) is 0 Å². The Labute approximate surface area is 152 Å². The molecule has 1 aliphatic rings. The summed E-state index contributed by atoms with van der Waals surface area (Å²) in [5, 5.41) is 4.21. The molecule has 26 heavy (non-hydrogen) atoms. The molecule has 1 atom stereocenters. The zero-order valence-corrected chi connectivity index (χ0v) is 14.8. The quantitative estimate of drug-likeness (QED) is 0.713. The van der Waals surface area contributed by atoms with Crippen molar-refractivity contribution in [2.75, 3.05) is 6.54 Å². The van der Waals surface area contributed by atoms with Crippen LogP contribution in [0.2, 0.25) is 0 Å². The zero-order chi connectivity index (χ0) is 18.4. The van der Waals surface area contributed by atoms with Crippen molar-refractivity contribution in [2.24, 2.45) is 0 Å². The maximum Gasteiger partial charge on any atom is 0.223 e. The first-order valence-electron chi connectivity index (χ1n) is 9.19. The van der Waals surface area contributed by atoms with Gasteiger partial charge in [0.05, 0.1) is 0 Å². The van der Waals surface area contributed by atoms with Crippen LogP contribution in [0.15, 0.2) is 42.7 Å². The van der Waals surface area contributed by atoms with Gasteiger partial charge in [-0.2, -0.15) is 5.10 Å². The summed E-state index contributed by atoms with van der Waals surface area (Å²) in [4.78, 5) is 26.8. The largest absolute Gasteiger partial charge is 0.340 e. The topological polar surface area (TPSA) is 55.2 Å². The van der Waals surface area contributed by atoms with E-state index in [4.69, 9.17) is 0 Å². The Kier molecular flexibility index (Phi) is 6.15. The van der Waals surface area contributed by atoms with E-state index < -0.39 is 0 Å². The number of amides is 1. The summed E-state index contributed by atoms with van der Waals surface area (Å²) in [5.74, 6) is -0.458. The molecule has 2 heterocycles. The van der Waals surface area contributed by atoms with Gasteiger partial charge in [0.25, 0.3) is 0 Å². The van der Waals surface area contributed by atoms with Crippen molar-refractivity contribution in [1.82, 2.24) is 14.7 Å². The lowest BCUT2D eigenvalue weighted by Crippen LogP contribution is -2.44. The minimum atomic E-state index is -0.369. The molecule has 1 fully saturated rings. The predicted octanol–water partition coefficient (Wildman–Crippen LogP) is 3.46. The SMILES string of the molecule is O=C(CCC(=O)N1CCCC[C@H]1CCn1cccn1)c1ccc(F)cc1. The number of rotatable bonds is 7. The fourth-order valence-corrected chi connectivity index (χ4v) is 3.49. The Morgan fingerprint density at radius 2 is 1.96 bits per heavy atom. The molecule has 1 aromatic carbocycles. The summed E-state index contributed by atoms with van der Waals surface area (Å²) in [7, 11) is 0. The molecule has 1 amide bonds. The number of hydrogen-bond donors (Lipinski definition) is 0. The van der Waals surface area contributed by atoms with Gasteiger partial charge in [-0.25, -0.2) is 4.39 Å². The molecule has 0 bridgehead atoms. The van der Waals surface area contributed by atoms with Crippen molar-refractivity contribution >= 4 is 11.7 Å². The number of aromatic nitrogens is 2. The smallest absolute Gasteiger partial charge is 0.223 e. The summed E-state index contributed by atoms with van der Waals surface area (Å²) in [5.41, 5.74) is 0.452. The first-order chi connectivity index (χ1) is 12.6. The first-order valence-corrected chi connectivity index (χ1v) is 9.19. The number of carbonyl (C=O) groups excluding carboxylic acids is 2. The van der Waals surface area contributed by atoms with Gasteiger partial charge in [0.15, 0.2) is 5.78 Å². The summed E-state index contributed by atoms with van der Waals surface area (Å²) >= 11 is 0. The van der Waals surface area contributed by atoms with Gasteiger partial charge in [0, 0.05) is 49.9 Å². The Morgan fingerprint density at radius 1 is 1.15 bits per heavy atom. The molecule has 5 nitrogen and oxygen atoms in total. The van der Waals surface area contributed by atoms with Gasteiger partial charge in [0.2, 0.25) is 5.91 Å². The third kappa shape index (κ3) is 4.77. The van der Waals surface area contributed by atoms with Crippen LogP contribution in [0.5, 0.6) is 0 Å². The lowest BCUT2D eigenvalue weighted by atomic mass is 9.98. The number of ketones is 1. The summed E-state index contributed by atoms with van der Waals surface area (Å²) in [6, 6.07) is 7.58. The van der Waals surface area contributed by atoms with Crippen molar-refractivity contribution in [3.63, 3.8) is 0 Å². The molecule has 0 aliphatic carbocycles. The summed E-state index contributed by atoms with van der Waals surface area (Å²) in [6.07, 6.45) is 8.05. The Hall–Kier alpha value is -2.50. The van der Waals surface area contributed by atoms with Gasteiger partial charge >= 0.3 is 0 Å². The van der Waals surface area contributed by atoms with Crippen LogP contribution >= 0.6 is 0 Å². The standard InChI is InChI=1S/C20H24FN3O2/c21-17-7-5-16(6-8-17)19(25)9-10-20(26)24-14-2-1-4-18(24)11-15-23-13-3-12-22-23/h3,5-8,12-13,18H,1-2,4,9-11,14-15H2/t18-/m0/s1. The van der Waals surface area contributed by atoms with Crippen LogP contribution in [0.3, 0.4) is 0 Å². The van der Waals surface area contributed by atoms with Crippen LogP contribution < -0.4 is 0 Å². The minimum Gasteiger partial charge on any atom is -0.340 e. The Bertz CT molecular complexity index is 728. The van der Waals surface area contributed by atoms with E-state index in [1.807, 2.05) is 21.8 Å². The number of carbonyl (C=O) groups is 2. The zero-order valence-electron chi connectivity index (χ0n) is 14.8. The highest BCUT2D eigenvalue weighted by Crippen LogP contribution is 2.22. The van der Waals surface area contributed by atoms with Crippen LogP contribution in [-0.4, -0.2) is 39.0 Å². The fraction of sp³-hybridized carbons (Fsp3) is 0.450. The average molecular weight is 357 g/mol. The minimum absolute atomic E-state index is 0.0330. The highest BCUT2D eigenvalue weighted by Gasteiger charge is 2.26. The molecule has 1 aliphatic heterocycles. The number of hydrogen-bond acceptors (Lipinski definition) is 3. The van der Waals surface area contributed by atoms with Crippen LogP contribution in [0, 0.1) is 5.82 Å². The molecule has 0 saturated carbocycles.